The smallest absolute Gasteiger partial charge is 0.338 e. The number of nitrogens with one attached hydrogen (secondary N) is 1. The number of amides is 1. The summed E-state index contributed by atoms with van der Waals surface area (Å²) in [5, 5.41) is 2.49. The Hall–Kier alpha value is -3.70. The molecule has 1 aromatic heterocycles. The van der Waals surface area contributed by atoms with E-state index < -0.39 is 34.1 Å². The van der Waals surface area contributed by atoms with Gasteiger partial charge >= 0.3 is 5.97 Å². The van der Waals surface area contributed by atoms with Crippen molar-refractivity contribution in [2.24, 2.45) is 7.05 Å². The first kappa shape index (κ1) is 24.0. The number of nitrogens with zero attached hydrogens (tertiary/aromatic N) is 3. The number of sulfonamides is 1. The molecule has 3 rings (SSSR count). The fraction of sp³-hybridized carbons (Fsp3) is 0.227. The minimum Gasteiger partial charge on any atom is -0.452 e. The van der Waals surface area contributed by atoms with Gasteiger partial charge in [-0.25, -0.2) is 22.2 Å². The predicted octanol–water partition coefficient (Wildman–Crippen LogP) is 1.53. The third-order valence-electron chi connectivity index (χ3n) is 5.00. The van der Waals surface area contributed by atoms with Crippen LogP contribution in [0.2, 0.25) is 0 Å². The Morgan fingerprint density at radius 3 is 2.36 bits per heavy atom. The molecule has 11 heteroatoms. The van der Waals surface area contributed by atoms with E-state index in [0.29, 0.717) is 11.4 Å². The standard InChI is InChI=1S/C22H24N4O6S/c1-15-20(21(28)26(25(15)4)17-10-6-5-7-11-17)23-19(27)14-32-22(29)16-9-8-12-18(13-16)33(30,31)24(2)3/h5-13H,14H2,1-4H3,(H,23,27). The quantitative estimate of drug-likeness (QED) is 0.521. The van der Waals surface area contributed by atoms with Gasteiger partial charge in [-0.05, 0) is 37.3 Å². The van der Waals surface area contributed by atoms with E-state index in [1.165, 1.54) is 43.0 Å². The van der Waals surface area contributed by atoms with E-state index in [1.54, 1.807) is 42.9 Å². The zero-order chi connectivity index (χ0) is 24.3. The molecule has 0 aliphatic heterocycles. The van der Waals surface area contributed by atoms with Gasteiger partial charge in [0, 0.05) is 21.1 Å². The van der Waals surface area contributed by atoms with Crippen LogP contribution >= 0.6 is 0 Å². The van der Waals surface area contributed by atoms with E-state index in [9.17, 15) is 22.8 Å². The number of carbonyl (C=O) groups excluding carboxylic acids is 2. The minimum atomic E-state index is -3.73. The number of aromatic nitrogens is 2. The number of benzene rings is 2. The maximum Gasteiger partial charge on any atom is 0.338 e. The number of hydrogen-bond acceptors (Lipinski definition) is 6. The Bertz CT molecular complexity index is 1360. The predicted molar refractivity (Wildman–Crippen MR) is 122 cm³/mol. The Kier molecular flexibility index (Phi) is 6.84. The Balaban J connectivity index is 1.72. The van der Waals surface area contributed by atoms with Gasteiger partial charge in [-0.1, -0.05) is 24.3 Å². The number of rotatable bonds is 7. The third kappa shape index (κ3) is 4.89. The van der Waals surface area contributed by atoms with Gasteiger partial charge in [0.2, 0.25) is 10.0 Å². The number of carbonyl (C=O) groups is 2. The summed E-state index contributed by atoms with van der Waals surface area (Å²) in [5.74, 6) is -1.57. The highest BCUT2D eigenvalue weighted by Gasteiger charge is 2.21. The van der Waals surface area contributed by atoms with Gasteiger partial charge in [0.05, 0.1) is 21.8 Å². The lowest BCUT2D eigenvalue weighted by molar-refractivity contribution is -0.119. The summed E-state index contributed by atoms with van der Waals surface area (Å²) in [5.41, 5.74) is 0.773. The highest BCUT2D eigenvalue weighted by molar-refractivity contribution is 7.89. The van der Waals surface area contributed by atoms with Crippen molar-refractivity contribution in [2.75, 3.05) is 26.0 Å². The topological polar surface area (TPSA) is 120 Å². The maximum atomic E-state index is 12.9. The summed E-state index contributed by atoms with van der Waals surface area (Å²) in [4.78, 5) is 37.5. The molecule has 3 aromatic rings. The molecule has 1 amide bonds. The lowest BCUT2D eigenvalue weighted by atomic mass is 10.2. The summed E-state index contributed by atoms with van der Waals surface area (Å²) in [6.45, 7) is 1.03. The highest BCUT2D eigenvalue weighted by Crippen LogP contribution is 2.16. The molecule has 10 nitrogen and oxygen atoms in total. The molecule has 0 saturated carbocycles. The lowest BCUT2D eigenvalue weighted by Gasteiger charge is -2.12. The van der Waals surface area contributed by atoms with E-state index in [2.05, 4.69) is 5.32 Å². The Labute approximate surface area is 191 Å². The summed E-state index contributed by atoms with van der Waals surface area (Å²) < 4.78 is 33.6. The minimum absolute atomic E-state index is 0.0203. The molecular weight excluding hydrogens is 448 g/mol. The molecular formula is C22H24N4O6S. The van der Waals surface area contributed by atoms with E-state index in [4.69, 9.17) is 4.74 Å². The van der Waals surface area contributed by atoms with Crippen molar-refractivity contribution in [2.45, 2.75) is 11.8 Å². The first-order valence-electron chi connectivity index (χ1n) is 9.87. The van der Waals surface area contributed by atoms with Gasteiger partial charge in [0.25, 0.3) is 11.5 Å². The fourth-order valence-corrected chi connectivity index (χ4v) is 4.04. The molecule has 2 aromatic carbocycles. The van der Waals surface area contributed by atoms with Gasteiger partial charge in [-0.15, -0.1) is 0 Å². The summed E-state index contributed by atoms with van der Waals surface area (Å²) in [6.07, 6.45) is 0. The monoisotopic (exact) mass is 472 g/mol. The summed E-state index contributed by atoms with van der Waals surface area (Å²) >= 11 is 0. The summed E-state index contributed by atoms with van der Waals surface area (Å²) in [7, 11) is 0.710. The SMILES string of the molecule is Cc1c(NC(=O)COC(=O)c2cccc(S(=O)(=O)N(C)C)c2)c(=O)n(-c2ccccc2)n1C. The normalized spacial score (nSPS) is 11.4. The van der Waals surface area contributed by atoms with Crippen LogP contribution in [-0.4, -0.2) is 54.7 Å². The average molecular weight is 473 g/mol. The molecule has 0 saturated heterocycles. The van der Waals surface area contributed by atoms with Crippen molar-refractivity contribution < 1.29 is 22.7 Å². The molecule has 0 spiro atoms. The number of para-hydroxylation sites is 1. The van der Waals surface area contributed by atoms with Gasteiger partial charge in [-0.2, -0.15) is 0 Å². The number of hydrogen-bond donors (Lipinski definition) is 1. The zero-order valence-electron chi connectivity index (χ0n) is 18.6. The summed E-state index contributed by atoms with van der Waals surface area (Å²) in [6, 6.07) is 14.3. The largest absolute Gasteiger partial charge is 0.452 e. The molecule has 0 bridgehead atoms. The molecule has 0 radical (unpaired) electrons. The van der Waals surface area contributed by atoms with Gasteiger partial charge in [0.1, 0.15) is 5.69 Å². The van der Waals surface area contributed by atoms with Crippen LogP contribution in [0.4, 0.5) is 5.69 Å². The molecule has 0 unspecified atom stereocenters. The number of esters is 1. The van der Waals surface area contributed by atoms with Crippen LogP contribution in [0, 0.1) is 6.92 Å². The van der Waals surface area contributed by atoms with Crippen LogP contribution in [-0.2, 0) is 26.6 Å². The van der Waals surface area contributed by atoms with Crippen LogP contribution in [0.1, 0.15) is 16.1 Å². The van der Waals surface area contributed by atoms with Crippen LogP contribution in [0.15, 0.2) is 64.3 Å². The van der Waals surface area contributed by atoms with Gasteiger partial charge < -0.3 is 10.1 Å². The van der Waals surface area contributed by atoms with Crippen molar-refractivity contribution in [3.63, 3.8) is 0 Å². The molecule has 1 N–H and O–H groups in total. The van der Waals surface area contributed by atoms with Gasteiger partial charge in [0.15, 0.2) is 6.61 Å². The Morgan fingerprint density at radius 1 is 1.06 bits per heavy atom. The van der Waals surface area contributed by atoms with Crippen molar-refractivity contribution in [1.29, 1.82) is 0 Å². The van der Waals surface area contributed by atoms with Crippen molar-refractivity contribution in [3.05, 3.63) is 76.2 Å². The molecule has 1 heterocycles. The van der Waals surface area contributed by atoms with Gasteiger partial charge in [-0.3, -0.25) is 14.3 Å². The third-order valence-corrected chi connectivity index (χ3v) is 6.81. The second kappa shape index (κ2) is 9.43. The van der Waals surface area contributed by atoms with E-state index >= 15 is 0 Å². The fourth-order valence-electron chi connectivity index (χ4n) is 3.10. The van der Waals surface area contributed by atoms with Crippen molar-refractivity contribution in [1.82, 2.24) is 13.7 Å². The van der Waals surface area contributed by atoms with E-state index in [0.717, 1.165) is 4.31 Å². The molecule has 0 fully saturated rings. The second-order valence-corrected chi connectivity index (χ2v) is 9.53. The van der Waals surface area contributed by atoms with Crippen LogP contribution in [0.5, 0.6) is 0 Å². The molecule has 33 heavy (non-hydrogen) atoms. The maximum absolute atomic E-state index is 12.9. The molecule has 0 aliphatic carbocycles. The molecule has 174 valence electrons. The number of anilines is 1. The first-order chi connectivity index (χ1) is 15.5. The van der Waals surface area contributed by atoms with Crippen LogP contribution < -0.4 is 10.9 Å². The van der Waals surface area contributed by atoms with Crippen molar-refractivity contribution in [3.8, 4) is 5.69 Å². The zero-order valence-corrected chi connectivity index (χ0v) is 19.4. The molecule has 0 aliphatic rings. The number of ether oxygens (including phenoxy) is 1. The second-order valence-electron chi connectivity index (χ2n) is 7.38. The average Bonchev–Trinajstić information content (AvgIpc) is 3.01. The van der Waals surface area contributed by atoms with Crippen LogP contribution in [0.25, 0.3) is 5.69 Å². The highest BCUT2D eigenvalue weighted by atomic mass is 32.2. The first-order valence-corrected chi connectivity index (χ1v) is 11.3. The van der Waals surface area contributed by atoms with E-state index in [-0.39, 0.29) is 16.1 Å². The van der Waals surface area contributed by atoms with Crippen LogP contribution in [0.3, 0.4) is 0 Å². The van der Waals surface area contributed by atoms with Crippen molar-refractivity contribution >= 4 is 27.6 Å². The molecule has 0 atom stereocenters. The Morgan fingerprint density at radius 2 is 1.73 bits per heavy atom. The lowest BCUT2D eigenvalue weighted by Crippen LogP contribution is -2.26. The van der Waals surface area contributed by atoms with E-state index in [1.807, 2.05) is 6.07 Å².